The molecular weight excluding hydrogens is 383 g/mol. The van der Waals surface area contributed by atoms with Gasteiger partial charge in [0.2, 0.25) is 10.0 Å². The summed E-state index contributed by atoms with van der Waals surface area (Å²) in [5.74, 6) is 0. The highest BCUT2D eigenvalue weighted by Gasteiger charge is 2.39. The van der Waals surface area contributed by atoms with E-state index in [1.807, 2.05) is 0 Å². The Bertz CT molecular complexity index is 1080. The fourth-order valence-corrected chi connectivity index (χ4v) is 3.48. The molecule has 3 aromatic rings. The van der Waals surface area contributed by atoms with Crippen LogP contribution < -0.4 is 5.14 Å². The molecule has 0 aliphatic heterocycles. The molecule has 0 spiro atoms. The Kier molecular flexibility index (Phi) is 4.81. The van der Waals surface area contributed by atoms with Crippen LogP contribution in [-0.4, -0.2) is 23.3 Å². The average molecular weight is 397 g/mol. The van der Waals surface area contributed by atoms with Crippen molar-refractivity contribution in [3.8, 4) is 16.9 Å². The smallest absolute Gasteiger partial charge is 0.392 e. The molecule has 6 nitrogen and oxygen atoms in total. The average Bonchev–Trinajstić information content (AvgIpc) is 3.01. The van der Waals surface area contributed by atoms with E-state index in [-0.39, 0.29) is 16.3 Å². The zero-order valence-corrected chi connectivity index (χ0v) is 14.5. The van der Waals surface area contributed by atoms with Gasteiger partial charge >= 0.3 is 6.18 Å². The molecule has 3 N–H and O–H groups in total. The Labute approximate surface area is 152 Å². The summed E-state index contributed by atoms with van der Waals surface area (Å²) in [6.07, 6.45) is -4.84. The first-order chi connectivity index (χ1) is 12.6. The van der Waals surface area contributed by atoms with Crippen LogP contribution in [0.1, 0.15) is 11.3 Å². The highest BCUT2D eigenvalue weighted by Crippen LogP contribution is 2.38. The molecule has 0 unspecified atom stereocenters. The number of benzene rings is 2. The van der Waals surface area contributed by atoms with Crippen LogP contribution in [0.3, 0.4) is 0 Å². The van der Waals surface area contributed by atoms with E-state index in [0.29, 0.717) is 5.56 Å². The number of sulfonamides is 1. The maximum absolute atomic E-state index is 13.5. The molecular formula is C17H14F3N3O3S. The van der Waals surface area contributed by atoms with E-state index in [2.05, 4.69) is 5.10 Å². The van der Waals surface area contributed by atoms with Crippen LogP contribution in [0.2, 0.25) is 0 Å². The van der Waals surface area contributed by atoms with E-state index < -0.39 is 34.1 Å². The lowest BCUT2D eigenvalue weighted by molar-refractivity contribution is -0.142. The third kappa shape index (κ3) is 3.59. The highest BCUT2D eigenvalue weighted by molar-refractivity contribution is 7.89. The van der Waals surface area contributed by atoms with Gasteiger partial charge in [-0.2, -0.15) is 18.3 Å². The van der Waals surface area contributed by atoms with E-state index in [4.69, 9.17) is 5.14 Å². The van der Waals surface area contributed by atoms with Gasteiger partial charge in [-0.05, 0) is 12.1 Å². The SMILES string of the molecule is NS(=O)(=O)c1ccccc1-n1nc(C(F)(F)F)c(CO)c1-c1ccccc1. The first-order valence-corrected chi connectivity index (χ1v) is 9.17. The van der Waals surface area contributed by atoms with Crippen molar-refractivity contribution in [2.75, 3.05) is 0 Å². The third-order valence-electron chi connectivity index (χ3n) is 3.86. The van der Waals surface area contributed by atoms with Crippen molar-refractivity contribution in [3.63, 3.8) is 0 Å². The molecule has 2 aromatic carbocycles. The summed E-state index contributed by atoms with van der Waals surface area (Å²) in [6.45, 7) is -0.934. The standard InChI is InChI=1S/C17H14F3N3O3S/c18-17(19,20)16-12(10-24)15(11-6-2-1-3-7-11)23(22-16)13-8-4-5-9-14(13)27(21,25)26/h1-9,24H,10H2,(H2,21,25,26). The van der Waals surface area contributed by atoms with Crippen LogP contribution in [0, 0.1) is 0 Å². The number of hydrogen-bond donors (Lipinski definition) is 2. The molecule has 0 saturated heterocycles. The molecule has 0 aliphatic carbocycles. The van der Waals surface area contributed by atoms with Gasteiger partial charge in [0.1, 0.15) is 4.90 Å². The van der Waals surface area contributed by atoms with Crippen LogP contribution in [0.15, 0.2) is 59.5 Å². The minimum absolute atomic E-state index is 0.0680. The molecule has 0 aliphatic rings. The predicted octanol–water partition coefficient (Wildman–Crippen LogP) is 2.70. The molecule has 0 atom stereocenters. The minimum atomic E-state index is -4.84. The molecule has 0 bridgehead atoms. The second-order valence-corrected chi connectivity index (χ2v) is 7.15. The summed E-state index contributed by atoms with van der Waals surface area (Å²) in [7, 11) is -4.23. The van der Waals surface area contributed by atoms with Crippen molar-refractivity contribution in [1.82, 2.24) is 9.78 Å². The van der Waals surface area contributed by atoms with Gasteiger partial charge in [-0.1, -0.05) is 42.5 Å². The molecule has 0 saturated carbocycles. The third-order valence-corrected chi connectivity index (χ3v) is 4.82. The quantitative estimate of drug-likeness (QED) is 0.707. The summed E-state index contributed by atoms with van der Waals surface area (Å²) in [5, 5.41) is 18.4. The molecule has 0 fully saturated rings. The number of hydrogen-bond acceptors (Lipinski definition) is 4. The number of halogens is 3. The molecule has 3 rings (SSSR count). The van der Waals surface area contributed by atoms with Crippen LogP contribution in [0.5, 0.6) is 0 Å². The Balaban J connectivity index is 2.43. The monoisotopic (exact) mass is 397 g/mol. The van der Waals surface area contributed by atoms with Gasteiger partial charge in [0.25, 0.3) is 0 Å². The van der Waals surface area contributed by atoms with Gasteiger partial charge in [0.15, 0.2) is 5.69 Å². The highest BCUT2D eigenvalue weighted by atomic mass is 32.2. The van der Waals surface area contributed by atoms with E-state index in [0.717, 1.165) is 4.68 Å². The second kappa shape index (κ2) is 6.80. The van der Waals surface area contributed by atoms with Crippen molar-refractivity contribution in [1.29, 1.82) is 0 Å². The fourth-order valence-electron chi connectivity index (χ4n) is 2.77. The Morgan fingerprint density at radius 1 is 1.04 bits per heavy atom. The summed E-state index contributed by atoms with van der Waals surface area (Å²) < 4.78 is 65.0. The Hall–Kier alpha value is -2.69. The number of nitrogens with two attached hydrogens (primary N) is 1. The van der Waals surface area contributed by atoms with E-state index in [1.54, 1.807) is 18.2 Å². The number of alkyl halides is 3. The van der Waals surface area contributed by atoms with E-state index >= 15 is 0 Å². The molecule has 1 heterocycles. The molecule has 27 heavy (non-hydrogen) atoms. The van der Waals surface area contributed by atoms with Gasteiger partial charge in [-0.3, -0.25) is 0 Å². The lowest BCUT2D eigenvalue weighted by Gasteiger charge is -2.12. The number of nitrogens with zero attached hydrogens (tertiary/aromatic N) is 2. The van der Waals surface area contributed by atoms with E-state index in [9.17, 15) is 26.7 Å². The number of rotatable bonds is 4. The topological polar surface area (TPSA) is 98.2 Å². The van der Waals surface area contributed by atoms with Crippen molar-refractivity contribution in [2.24, 2.45) is 5.14 Å². The molecule has 142 valence electrons. The van der Waals surface area contributed by atoms with Crippen molar-refractivity contribution >= 4 is 10.0 Å². The normalized spacial score (nSPS) is 12.3. The van der Waals surface area contributed by atoms with Crippen LogP contribution in [0.4, 0.5) is 13.2 Å². The summed E-state index contributed by atoms with van der Waals surface area (Å²) in [4.78, 5) is -0.386. The molecule has 0 radical (unpaired) electrons. The van der Waals surface area contributed by atoms with Crippen LogP contribution in [0.25, 0.3) is 16.9 Å². The first kappa shape index (κ1) is 19.1. The van der Waals surface area contributed by atoms with Crippen LogP contribution >= 0.6 is 0 Å². The maximum Gasteiger partial charge on any atom is 0.435 e. The predicted molar refractivity (Wildman–Crippen MR) is 91.3 cm³/mol. The first-order valence-electron chi connectivity index (χ1n) is 7.62. The fraction of sp³-hybridized carbons (Fsp3) is 0.118. The number of para-hydroxylation sites is 1. The van der Waals surface area contributed by atoms with Crippen molar-refractivity contribution in [3.05, 3.63) is 65.9 Å². The largest absolute Gasteiger partial charge is 0.435 e. The zero-order chi connectivity index (χ0) is 19.8. The van der Waals surface area contributed by atoms with E-state index in [1.165, 1.54) is 36.4 Å². The molecule has 10 heteroatoms. The lowest BCUT2D eigenvalue weighted by atomic mass is 10.1. The Morgan fingerprint density at radius 3 is 2.19 bits per heavy atom. The van der Waals surface area contributed by atoms with Gasteiger partial charge in [0.05, 0.1) is 18.0 Å². The second-order valence-electron chi connectivity index (χ2n) is 5.62. The number of aliphatic hydroxyl groups excluding tert-OH is 1. The Morgan fingerprint density at radius 2 is 1.63 bits per heavy atom. The summed E-state index contributed by atoms with van der Waals surface area (Å²) in [5.41, 5.74) is -1.65. The number of primary sulfonamides is 1. The van der Waals surface area contributed by atoms with Crippen molar-refractivity contribution in [2.45, 2.75) is 17.7 Å². The molecule has 0 amide bonds. The molecule has 1 aromatic heterocycles. The summed E-state index contributed by atoms with van der Waals surface area (Å²) in [6, 6.07) is 13.3. The minimum Gasteiger partial charge on any atom is -0.392 e. The summed E-state index contributed by atoms with van der Waals surface area (Å²) >= 11 is 0. The maximum atomic E-state index is 13.5. The van der Waals surface area contributed by atoms with Crippen LogP contribution in [-0.2, 0) is 22.8 Å². The zero-order valence-electron chi connectivity index (χ0n) is 13.7. The number of aliphatic hydroxyl groups is 1. The lowest BCUT2D eigenvalue weighted by Crippen LogP contribution is -2.16. The van der Waals surface area contributed by atoms with Gasteiger partial charge in [-0.25, -0.2) is 18.2 Å². The van der Waals surface area contributed by atoms with Gasteiger partial charge in [0, 0.05) is 11.1 Å². The van der Waals surface area contributed by atoms with Crippen molar-refractivity contribution < 1.29 is 26.7 Å². The van der Waals surface area contributed by atoms with Gasteiger partial charge in [-0.15, -0.1) is 0 Å². The van der Waals surface area contributed by atoms with Gasteiger partial charge < -0.3 is 5.11 Å². The number of aromatic nitrogens is 2.